The van der Waals surface area contributed by atoms with Crippen molar-refractivity contribution in [1.29, 1.82) is 0 Å². The maximum absolute atomic E-state index is 12.8. The standard InChI is InChI=1S/C20H33N3O2S/c1-16-8-12-23(13-9-16)26(24,25)19-6-4-18(5-7-19)17(2)22-15-20(3)10-11-21-14-20/h4-7,16-17,21-22H,8-15H2,1-3H3. The second-order valence-corrected chi connectivity index (χ2v) is 10.4. The van der Waals surface area contributed by atoms with Gasteiger partial charge in [-0.2, -0.15) is 4.31 Å². The van der Waals surface area contributed by atoms with Crippen LogP contribution in [0.1, 0.15) is 51.6 Å². The summed E-state index contributed by atoms with van der Waals surface area (Å²) in [6.07, 6.45) is 3.09. The summed E-state index contributed by atoms with van der Waals surface area (Å²) in [7, 11) is -3.36. The molecule has 0 radical (unpaired) electrons. The molecule has 1 aromatic carbocycles. The Labute approximate surface area is 158 Å². The molecule has 2 saturated heterocycles. The van der Waals surface area contributed by atoms with E-state index in [0.29, 0.717) is 29.3 Å². The van der Waals surface area contributed by atoms with Crippen molar-refractivity contribution in [3.05, 3.63) is 29.8 Å². The average Bonchev–Trinajstić information content (AvgIpc) is 3.07. The molecule has 6 heteroatoms. The maximum atomic E-state index is 12.8. The lowest BCUT2D eigenvalue weighted by Gasteiger charge is -2.29. The molecule has 1 aromatic rings. The van der Waals surface area contributed by atoms with Gasteiger partial charge < -0.3 is 10.6 Å². The minimum Gasteiger partial charge on any atom is -0.316 e. The van der Waals surface area contributed by atoms with Gasteiger partial charge in [0.15, 0.2) is 0 Å². The van der Waals surface area contributed by atoms with E-state index in [1.165, 1.54) is 6.42 Å². The van der Waals surface area contributed by atoms with Crippen LogP contribution in [0, 0.1) is 11.3 Å². The Morgan fingerprint density at radius 1 is 1.27 bits per heavy atom. The Kier molecular flexibility index (Phi) is 6.07. The molecule has 2 heterocycles. The van der Waals surface area contributed by atoms with E-state index < -0.39 is 10.0 Å². The molecule has 2 unspecified atom stereocenters. The van der Waals surface area contributed by atoms with Gasteiger partial charge in [-0.3, -0.25) is 0 Å². The van der Waals surface area contributed by atoms with Gasteiger partial charge in [0.25, 0.3) is 0 Å². The molecule has 3 rings (SSSR count). The average molecular weight is 380 g/mol. The summed E-state index contributed by atoms with van der Waals surface area (Å²) in [5.74, 6) is 0.618. The van der Waals surface area contributed by atoms with E-state index in [0.717, 1.165) is 38.0 Å². The van der Waals surface area contributed by atoms with E-state index in [9.17, 15) is 8.42 Å². The van der Waals surface area contributed by atoms with Crippen LogP contribution in [0.5, 0.6) is 0 Å². The smallest absolute Gasteiger partial charge is 0.243 e. The largest absolute Gasteiger partial charge is 0.316 e. The summed E-state index contributed by atoms with van der Waals surface area (Å²) in [4.78, 5) is 0.412. The SMILES string of the molecule is CC1CCN(S(=O)(=O)c2ccc(C(C)NCC3(C)CCNC3)cc2)CC1. The van der Waals surface area contributed by atoms with E-state index in [1.54, 1.807) is 16.4 Å². The van der Waals surface area contributed by atoms with Gasteiger partial charge in [0.1, 0.15) is 0 Å². The number of rotatable bonds is 6. The van der Waals surface area contributed by atoms with Crippen molar-refractivity contribution < 1.29 is 8.42 Å². The molecule has 146 valence electrons. The number of sulfonamides is 1. The third kappa shape index (κ3) is 4.47. The normalized spacial score (nSPS) is 26.9. The molecule has 0 bridgehead atoms. The Balaban J connectivity index is 1.62. The number of piperidine rings is 1. The van der Waals surface area contributed by atoms with E-state index >= 15 is 0 Å². The number of nitrogens with one attached hydrogen (secondary N) is 2. The third-order valence-corrected chi connectivity index (χ3v) is 7.97. The topological polar surface area (TPSA) is 61.4 Å². The molecule has 0 aliphatic carbocycles. The summed E-state index contributed by atoms with van der Waals surface area (Å²) in [6, 6.07) is 7.64. The molecule has 0 saturated carbocycles. The molecule has 2 aliphatic heterocycles. The second kappa shape index (κ2) is 7.97. The molecule has 26 heavy (non-hydrogen) atoms. The first-order valence-electron chi connectivity index (χ1n) is 9.84. The molecule has 2 fully saturated rings. The number of hydrogen-bond acceptors (Lipinski definition) is 4. The summed E-state index contributed by atoms with van der Waals surface area (Å²) in [6.45, 7) is 11.0. The molecule has 0 amide bonds. The van der Waals surface area contributed by atoms with Gasteiger partial charge >= 0.3 is 0 Å². The highest BCUT2D eigenvalue weighted by molar-refractivity contribution is 7.89. The summed E-state index contributed by atoms with van der Waals surface area (Å²) >= 11 is 0. The zero-order valence-electron chi connectivity index (χ0n) is 16.3. The van der Waals surface area contributed by atoms with E-state index in [2.05, 4.69) is 31.4 Å². The van der Waals surface area contributed by atoms with Crippen LogP contribution in [-0.4, -0.2) is 45.4 Å². The fraction of sp³-hybridized carbons (Fsp3) is 0.700. The molecule has 0 aromatic heterocycles. The molecule has 2 atom stereocenters. The number of benzene rings is 1. The van der Waals surface area contributed by atoms with Crippen LogP contribution in [0.15, 0.2) is 29.2 Å². The zero-order chi connectivity index (χ0) is 18.8. The van der Waals surface area contributed by atoms with Crippen LogP contribution in [0.3, 0.4) is 0 Å². The molecule has 5 nitrogen and oxygen atoms in total. The molecule has 2 aliphatic rings. The fourth-order valence-corrected chi connectivity index (χ4v) is 5.31. The van der Waals surface area contributed by atoms with Crippen molar-refractivity contribution in [2.24, 2.45) is 11.3 Å². The molecular weight excluding hydrogens is 346 g/mol. The summed E-state index contributed by atoms with van der Waals surface area (Å²) < 4.78 is 27.3. The highest BCUT2D eigenvalue weighted by Crippen LogP contribution is 2.26. The monoisotopic (exact) mass is 379 g/mol. The Hall–Kier alpha value is -0.950. The first kappa shape index (κ1) is 19.8. The van der Waals surface area contributed by atoms with Crippen molar-refractivity contribution >= 4 is 10.0 Å². The lowest BCUT2D eigenvalue weighted by atomic mass is 9.89. The summed E-state index contributed by atoms with van der Waals surface area (Å²) in [5.41, 5.74) is 1.44. The number of hydrogen-bond donors (Lipinski definition) is 2. The van der Waals surface area contributed by atoms with Crippen LogP contribution >= 0.6 is 0 Å². The van der Waals surface area contributed by atoms with E-state index in [-0.39, 0.29) is 6.04 Å². The first-order chi connectivity index (χ1) is 12.3. The van der Waals surface area contributed by atoms with Crippen LogP contribution in [0.2, 0.25) is 0 Å². The second-order valence-electron chi connectivity index (χ2n) is 8.50. The third-order valence-electron chi connectivity index (χ3n) is 6.05. The van der Waals surface area contributed by atoms with Crippen LogP contribution in [0.25, 0.3) is 0 Å². The zero-order valence-corrected chi connectivity index (χ0v) is 17.1. The lowest BCUT2D eigenvalue weighted by molar-refractivity contribution is 0.288. The van der Waals surface area contributed by atoms with Gasteiger partial charge in [-0.25, -0.2) is 8.42 Å². The Morgan fingerprint density at radius 3 is 2.50 bits per heavy atom. The molecular formula is C20H33N3O2S. The Bertz CT molecular complexity index is 688. The minimum absolute atomic E-state index is 0.208. The Morgan fingerprint density at radius 2 is 1.92 bits per heavy atom. The van der Waals surface area contributed by atoms with Gasteiger partial charge in [-0.15, -0.1) is 0 Å². The highest BCUT2D eigenvalue weighted by atomic mass is 32.2. The van der Waals surface area contributed by atoms with Crippen LogP contribution in [-0.2, 0) is 10.0 Å². The lowest BCUT2D eigenvalue weighted by Crippen LogP contribution is -2.37. The van der Waals surface area contributed by atoms with Gasteiger partial charge in [0.2, 0.25) is 10.0 Å². The molecule has 2 N–H and O–H groups in total. The van der Waals surface area contributed by atoms with Gasteiger partial charge in [0.05, 0.1) is 4.90 Å². The number of nitrogens with zero attached hydrogens (tertiary/aromatic N) is 1. The van der Waals surface area contributed by atoms with Crippen molar-refractivity contribution in [2.75, 3.05) is 32.7 Å². The van der Waals surface area contributed by atoms with Gasteiger partial charge in [0, 0.05) is 32.2 Å². The molecule has 0 spiro atoms. The minimum atomic E-state index is -3.36. The van der Waals surface area contributed by atoms with E-state index in [1.807, 2.05) is 12.1 Å². The fourth-order valence-electron chi connectivity index (χ4n) is 3.84. The maximum Gasteiger partial charge on any atom is 0.243 e. The van der Waals surface area contributed by atoms with Crippen molar-refractivity contribution in [1.82, 2.24) is 14.9 Å². The predicted molar refractivity (Wildman–Crippen MR) is 106 cm³/mol. The summed E-state index contributed by atoms with van der Waals surface area (Å²) in [5, 5.41) is 7.03. The van der Waals surface area contributed by atoms with Gasteiger partial charge in [-0.05, 0) is 61.8 Å². The van der Waals surface area contributed by atoms with Crippen molar-refractivity contribution in [2.45, 2.75) is 51.0 Å². The van der Waals surface area contributed by atoms with Crippen LogP contribution < -0.4 is 10.6 Å². The van der Waals surface area contributed by atoms with Crippen LogP contribution in [0.4, 0.5) is 0 Å². The van der Waals surface area contributed by atoms with Gasteiger partial charge in [-0.1, -0.05) is 26.0 Å². The quantitative estimate of drug-likeness (QED) is 0.798. The predicted octanol–water partition coefficient (Wildman–Crippen LogP) is 2.76. The van der Waals surface area contributed by atoms with E-state index in [4.69, 9.17) is 0 Å². The first-order valence-corrected chi connectivity index (χ1v) is 11.3. The highest BCUT2D eigenvalue weighted by Gasteiger charge is 2.29. The van der Waals surface area contributed by atoms with Crippen molar-refractivity contribution in [3.8, 4) is 0 Å². The van der Waals surface area contributed by atoms with Crippen molar-refractivity contribution in [3.63, 3.8) is 0 Å².